The predicted molar refractivity (Wildman–Crippen MR) is 49.5 cm³/mol. The van der Waals surface area contributed by atoms with Gasteiger partial charge in [-0.2, -0.15) is 0 Å². The lowest BCUT2D eigenvalue weighted by Gasteiger charge is -2.27. The van der Waals surface area contributed by atoms with E-state index >= 15 is 0 Å². The fourth-order valence-electron chi connectivity index (χ4n) is 1.05. The highest BCUT2D eigenvalue weighted by Crippen LogP contribution is 2.10. The summed E-state index contributed by atoms with van der Waals surface area (Å²) in [5.41, 5.74) is 0.777. The number of hydrogen-bond acceptors (Lipinski definition) is 3. The van der Waals surface area contributed by atoms with Crippen LogP contribution in [0.25, 0.3) is 0 Å². The molecule has 1 saturated heterocycles. The van der Waals surface area contributed by atoms with Crippen LogP contribution in [0.2, 0.25) is 0 Å². The number of ether oxygens (including phenoxy) is 1. The topological polar surface area (TPSA) is 34.1 Å². The van der Waals surface area contributed by atoms with E-state index in [0.717, 1.165) is 18.7 Å². The van der Waals surface area contributed by atoms with Gasteiger partial charge in [-0.3, -0.25) is 0 Å². The van der Waals surface area contributed by atoms with Crippen molar-refractivity contribution >= 4 is 0 Å². The van der Waals surface area contributed by atoms with Crippen LogP contribution in [-0.2, 0) is 0 Å². The number of aromatic nitrogens is 1. The van der Waals surface area contributed by atoms with Crippen molar-refractivity contribution in [3.8, 4) is 18.2 Å². The van der Waals surface area contributed by atoms with Crippen LogP contribution in [-0.4, -0.2) is 24.2 Å². The lowest BCUT2D eigenvalue weighted by molar-refractivity contribution is 0.136. The van der Waals surface area contributed by atoms with Gasteiger partial charge in [-0.1, -0.05) is 5.92 Å². The van der Waals surface area contributed by atoms with Crippen molar-refractivity contribution in [2.24, 2.45) is 0 Å². The molecule has 1 aromatic heterocycles. The van der Waals surface area contributed by atoms with Gasteiger partial charge in [-0.25, -0.2) is 4.98 Å². The van der Waals surface area contributed by atoms with E-state index in [4.69, 9.17) is 11.2 Å². The van der Waals surface area contributed by atoms with E-state index < -0.39 is 0 Å². The second kappa shape index (κ2) is 3.46. The number of hydrogen-bond donors (Lipinski definition) is 1. The zero-order valence-electron chi connectivity index (χ0n) is 7.16. The highest BCUT2D eigenvalue weighted by atomic mass is 16.5. The first-order chi connectivity index (χ1) is 6.38. The standard InChI is InChI=1S/C10H10N2O/c1-2-8-3-4-10(12-5-8)13-9-6-11-7-9/h1,3-5,9,11H,6-7H2. The summed E-state index contributed by atoms with van der Waals surface area (Å²) in [4.78, 5) is 4.08. The lowest BCUT2D eigenvalue weighted by atomic mass is 10.2. The Morgan fingerprint density at radius 2 is 2.38 bits per heavy atom. The van der Waals surface area contributed by atoms with Crippen molar-refractivity contribution in [3.63, 3.8) is 0 Å². The van der Waals surface area contributed by atoms with Gasteiger partial charge in [0.25, 0.3) is 0 Å². The molecule has 1 aliphatic rings. The van der Waals surface area contributed by atoms with Crippen molar-refractivity contribution in [1.29, 1.82) is 0 Å². The first-order valence-electron chi connectivity index (χ1n) is 4.18. The maximum atomic E-state index is 5.51. The Morgan fingerprint density at radius 3 is 2.85 bits per heavy atom. The Hall–Kier alpha value is -1.53. The van der Waals surface area contributed by atoms with Crippen molar-refractivity contribution in [2.45, 2.75) is 6.10 Å². The third-order valence-corrected chi connectivity index (χ3v) is 1.93. The molecule has 0 spiro atoms. The molecule has 1 aromatic rings. The van der Waals surface area contributed by atoms with Crippen molar-refractivity contribution in [3.05, 3.63) is 23.9 Å². The fraction of sp³-hybridized carbons (Fsp3) is 0.300. The number of pyridine rings is 1. The largest absolute Gasteiger partial charge is 0.472 e. The SMILES string of the molecule is C#Cc1ccc(OC2CNC2)nc1. The molecule has 0 aliphatic carbocycles. The van der Waals surface area contributed by atoms with E-state index in [-0.39, 0.29) is 6.10 Å². The van der Waals surface area contributed by atoms with Gasteiger partial charge in [-0.15, -0.1) is 6.42 Å². The molecule has 3 nitrogen and oxygen atoms in total. The molecule has 3 heteroatoms. The van der Waals surface area contributed by atoms with E-state index in [1.807, 2.05) is 6.07 Å². The summed E-state index contributed by atoms with van der Waals surface area (Å²) in [6, 6.07) is 3.63. The van der Waals surface area contributed by atoms with Gasteiger partial charge in [0, 0.05) is 30.9 Å². The molecular formula is C10H10N2O. The van der Waals surface area contributed by atoms with E-state index in [1.54, 1.807) is 12.3 Å². The number of rotatable bonds is 2. The van der Waals surface area contributed by atoms with Gasteiger partial charge in [0.1, 0.15) is 6.10 Å². The van der Waals surface area contributed by atoms with Gasteiger partial charge >= 0.3 is 0 Å². The van der Waals surface area contributed by atoms with E-state index in [1.165, 1.54) is 0 Å². The number of nitrogens with zero attached hydrogens (tertiary/aromatic N) is 1. The summed E-state index contributed by atoms with van der Waals surface area (Å²) in [5, 5.41) is 3.12. The summed E-state index contributed by atoms with van der Waals surface area (Å²) < 4.78 is 5.51. The normalized spacial score (nSPS) is 15.9. The molecule has 0 saturated carbocycles. The Labute approximate surface area is 77.1 Å². The molecule has 2 heterocycles. The number of terminal acetylenes is 1. The minimum atomic E-state index is 0.268. The number of nitrogens with one attached hydrogen (secondary N) is 1. The highest BCUT2D eigenvalue weighted by Gasteiger charge is 2.18. The molecule has 0 aromatic carbocycles. The van der Waals surface area contributed by atoms with Crippen LogP contribution in [0, 0.1) is 12.3 Å². The average molecular weight is 174 g/mol. The Morgan fingerprint density at radius 1 is 1.54 bits per heavy atom. The van der Waals surface area contributed by atoms with Crippen LogP contribution in [0.1, 0.15) is 5.56 Å². The molecule has 1 aliphatic heterocycles. The quantitative estimate of drug-likeness (QED) is 0.659. The van der Waals surface area contributed by atoms with Crippen LogP contribution in [0.4, 0.5) is 0 Å². The van der Waals surface area contributed by atoms with Crippen LogP contribution < -0.4 is 10.1 Å². The molecule has 0 amide bonds. The van der Waals surface area contributed by atoms with Gasteiger partial charge < -0.3 is 10.1 Å². The predicted octanol–water partition coefficient (Wildman–Crippen LogP) is 0.413. The van der Waals surface area contributed by atoms with Gasteiger partial charge in [-0.05, 0) is 6.07 Å². The smallest absolute Gasteiger partial charge is 0.213 e. The summed E-state index contributed by atoms with van der Waals surface area (Å²) in [7, 11) is 0. The highest BCUT2D eigenvalue weighted by molar-refractivity contribution is 5.31. The van der Waals surface area contributed by atoms with Crippen LogP contribution >= 0.6 is 0 Å². The summed E-state index contributed by atoms with van der Waals surface area (Å²) in [5.74, 6) is 3.15. The summed E-state index contributed by atoms with van der Waals surface area (Å²) >= 11 is 0. The Kier molecular flexibility index (Phi) is 2.15. The maximum absolute atomic E-state index is 5.51. The summed E-state index contributed by atoms with van der Waals surface area (Å²) in [6.07, 6.45) is 7.11. The molecule has 66 valence electrons. The van der Waals surface area contributed by atoms with Crippen molar-refractivity contribution < 1.29 is 4.74 Å². The minimum absolute atomic E-state index is 0.268. The lowest BCUT2D eigenvalue weighted by Crippen LogP contribution is -2.50. The van der Waals surface area contributed by atoms with E-state index in [0.29, 0.717) is 5.88 Å². The molecule has 0 bridgehead atoms. The first kappa shape index (κ1) is 8.09. The third-order valence-electron chi connectivity index (χ3n) is 1.93. The zero-order valence-corrected chi connectivity index (χ0v) is 7.16. The second-order valence-corrected chi connectivity index (χ2v) is 2.93. The Bertz CT molecular complexity index is 322. The molecule has 1 fully saturated rings. The first-order valence-corrected chi connectivity index (χ1v) is 4.18. The van der Waals surface area contributed by atoms with Crippen molar-refractivity contribution in [1.82, 2.24) is 10.3 Å². The molecular weight excluding hydrogens is 164 g/mol. The van der Waals surface area contributed by atoms with Gasteiger partial charge in [0.2, 0.25) is 5.88 Å². The minimum Gasteiger partial charge on any atom is -0.472 e. The van der Waals surface area contributed by atoms with Crippen LogP contribution in [0.3, 0.4) is 0 Å². The summed E-state index contributed by atoms with van der Waals surface area (Å²) in [6.45, 7) is 1.80. The van der Waals surface area contributed by atoms with Crippen molar-refractivity contribution in [2.75, 3.05) is 13.1 Å². The van der Waals surface area contributed by atoms with Crippen LogP contribution in [0.5, 0.6) is 5.88 Å². The molecule has 13 heavy (non-hydrogen) atoms. The molecule has 0 atom stereocenters. The van der Waals surface area contributed by atoms with E-state index in [9.17, 15) is 0 Å². The van der Waals surface area contributed by atoms with Crippen LogP contribution in [0.15, 0.2) is 18.3 Å². The monoisotopic (exact) mass is 174 g/mol. The van der Waals surface area contributed by atoms with Gasteiger partial charge in [0.15, 0.2) is 0 Å². The third kappa shape index (κ3) is 1.79. The molecule has 0 radical (unpaired) electrons. The maximum Gasteiger partial charge on any atom is 0.213 e. The molecule has 1 N–H and O–H groups in total. The zero-order chi connectivity index (χ0) is 9.10. The van der Waals surface area contributed by atoms with Gasteiger partial charge in [0.05, 0.1) is 0 Å². The average Bonchev–Trinajstić information content (AvgIpc) is 2.12. The molecule has 0 unspecified atom stereocenters. The second-order valence-electron chi connectivity index (χ2n) is 2.93. The Balaban J connectivity index is 2.01. The molecule has 2 rings (SSSR count). The van der Waals surface area contributed by atoms with E-state index in [2.05, 4.69) is 16.2 Å². The fourth-order valence-corrected chi connectivity index (χ4v) is 1.05.